The monoisotopic (exact) mass is 478 g/mol. The van der Waals surface area contributed by atoms with Gasteiger partial charge < -0.3 is 19.5 Å². The van der Waals surface area contributed by atoms with Crippen molar-refractivity contribution in [3.63, 3.8) is 0 Å². The number of nitrogens with one attached hydrogen (secondary N) is 1. The number of hydrogen-bond donors (Lipinski definition) is 1. The predicted molar refractivity (Wildman–Crippen MR) is 123 cm³/mol. The van der Waals surface area contributed by atoms with Crippen LogP contribution in [-0.4, -0.2) is 67.6 Å². The van der Waals surface area contributed by atoms with Crippen LogP contribution in [0, 0.1) is 5.82 Å². The Balaban J connectivity index is 1.47. The molecular weight excluding hydrogens is 454 g/mol. The van der Waals surface area contributed by atoms with Crippen molar-refractivity contribution in [3.8, 4) is 11.5 Å². The molecule has 1 fully saturated rings. The number of ether oxygens (including phenoxy) is 3. The number of benzene rings is 2. The maximum absolute atomic E-state index is 13.5. The van der Waals surface area contributed by atoms with E-state index >= 15 is 0 Å². The first-order valence-corrected chi connectivity index (χ1v) is 11.0. The Morgan fingerprint density at radius 2 is 2.12 bits per heavy atom. The molecule has 2 aromatic carbocycles. The van der Waals surface area contributed by atoms with Gasteiger partial charge in [0.05, 0.1) is 37.0 Å². The second-order valence-electron chi connectivity index (χ2n) is 7.65. The molecule has 0 amide bonds. The lowest BCUT2D eigenvalue weighted by Crippen LogP contribution is -2.43. The van der Waals surface area contributed by atoms with Gasteiger partial charge in [-0.25, -0.2) is 18.7 Å². The Morgan fingerprint density at radius 3 is 2.91 bits per heavy atom. The van der Waals surface area contributed by atoms with Crippen molar-refractivity contribution >= 4 is 34.0 Å². The van der Waals surface area contributed by atoms with Crippen LogP contribution in [0.1, 0.15) is 6.42 Å². The van der Waals surface area contributed by atoms with E-state index in [2.05, 4.69) is 20.2 Å². The molecule has 10 heteroatoms. The van der Waals surface area contributed by atoms with E-state index < -0.39 is 12.5 Å². The molecule has 2 heterocycles. The summed E-state index contributed by atoms with van der Waals surface area (Å²) in [5, 5.41) is 3.88. The molecule has 0 bridgehead atoms. The Bertz CT molecular complexity index is 1100. The molecule has 0 saturated carbocycles. The number of alkyl halides is 1. The van der Waals surface area contributed by atoms with Crippen molar-refractivity contribution in [2.45, 2.75) is 12.5 Å². The highest BCUT2D eigenvalue weighted by atomic mass is 35.5. The minimum Gasteiger partial charge on any atom is -0.493 e. The first-order valence-electron chi connectivity index (χ1n) is 10.6. The average molecular weight is 479 g/mol. The molecule has 1 aromatic heterocycles. The summed E-state index contributed by atoms with van der Waals surface area (Å²) in [5.41, 5.74) is 1.26. The number of hydrogen-bond acceptors (Lipinski definition) is 7. The van der Waals surface area contributed by atoms with E-state index in [0.717, 1.165) is 19.5 Å². The van der Waals surface area contributed by atoms with Crippen molar-refractivity contribution in [1.82, 2.24) is 14.9 Å². The molecule has 1 aliphatic rings. The third-order valence-corrected chi connectivity index (χ3v) is 5.66. The summed E-state index contributed by atoms with van der Waals surface area (Å²) >= 11 is 5.89. The van der Waals surface area contributed by atoms with Crippen molar-refractivity contribution in [2.75, 3.05) is 51.9 Å². The molecule has 176 valence electrons. The highest BCUT2D eigenvalue weighted by Crippen LogP contribution is 2.35. The topological polar surface area (TPSA) is 68.7 Å². The molecule has 0 spiro atoms. The molecule has 4 rings (SSSR count). The fraction of sp³-hybridized carbons (Fsp3) is 0.391. The van der Waals surface area contributed by atoms with Gasteiger partial charge in [0.15, 0.2) is 11.5 Å². The minimum absolute atomic E-state index is 0.0159. The fourth-order valence-corrected chi connectivity index (χ4v) is 3.87. The van der Waals surface area contributed by atoms with E-state index in [1.54, 1.807) is 19.2 Å². The highest BCUT2D eigenvalue weighted by molar-refractivity contribution is 6.31. The molecule has 1 aliphatic heterocycles. The van der Waals surface area contributed by atoms with E-state index in [4.69, 9.17) is 25.8 Å². The standard InChI is InChI=1S/C23H25ClF2N4O3/c1-31-21-11-20-17(23(28-14-27-20)29-15-3-4-19(26)18(24)9-15)10-22(21)33-7-2-5-30-6-8-32-16(12-25)13-30/h3-4,9-11,14,16H,2,5-8,12-13H2,1H3,(H,27,28,29)/t16-/m1/s1. The van der Waals surface area contributed by atoms with Gasteiger partial charge in [-0.05, 0) is 30.7 Å². The Kier molecular flexibility index (Phi) is 7.74. The number of rotatable bonds is 9. The molecule has 0 radical (unpaired) electrons. The number of nitrogens with zero attached hydrogens (tertiary/aromatic N) is 3. The van der Waals surface area contributed by atoms with Crippen molar-refractivity contribution in [1.29, 1.82) is 0 Å². The van der Waals surface area contributed by atoms with Gasteiger partial charge in [0, 0.05) is 36.8 Å². The predicted octanol–water partition coefficient (Wildman–Crippen LogP) is 4.61. The number of fused-ring (bicyclic) bond motifs is 1. The third kappa shape index (κ3) is 5.79. The molecule has 1 saturated heterocycles. The first-order chi connectivity index (χ1) is 16.1. The van der Waals surface area contributed by atoms with Crippen molar-refractivity contribution in [3.05, 3.63) is 47.5 Å². The number of aromatic nitrogens is 2. The fourth-order valence-electron chi connectivity index (χ4n) is 3.69. The summed E-state index contributed by atoms with van der Waals surface area (Å²) in [7, 11) is 1.57. The first kappa shape index (κ1) is 23.4. The molecule has 3 aromatic rings. The summed E-state index contributed by atoms with van der Waals surface area (Å²) in [6.45, 7) is 2.71. The van der Waals surface area contributed by atoms with Crippen LogP contribution in [0.2, 0.25) is 5.02 Å². The quantitative estimate of drug-likeness (QED) is 0.450. The van der Waals surface area contributed by atoms with Gasteiger partial charge in [-0.15, -0.1) is 0 Å². The van der Waals surface area contributed by atoms with Crippen LogP contribution in [0.25, 0.3) is 10.9 Å². The zero-order valence-electron chi connectivity index (χ0n) is 18.2. The highest BCUT2D eigenvalue weighted by Gasteiger charge is 2.20. The Morgan fingerprint density at radius 1 is 1.24 bits per heavy atom. The number of methoxy groups -OCH3 is 1. The zero-order chi connectivity index (χ0) is 23.2. The Labute approximate surface area is 195 Å². The lowest BCUT2D eigenvalue weighted by atomic mass is 10.2. The molecule has 0 aliphatic carbocycles. The van der Waals surface area contributed by atoms with E-state index in [-0.39, 0.29) is 11.1 Å². The molecule has 1 atom stereocenters. The SMILES string of the molecule is COc1cc2ncnc(Nc3ccc(F)c(Cl)c3)c2cc1OCCCN1CCO[C@H](CF)C1. The summed E-state index contributed by atoms with van der Waals surface area (Å²) < 4.78 is 43.2. The van der Waals surface area contributed by atoms with Crippen LogP contribution in [0.15, 0.2) is 36.7 Å². The molecule has 7 nitrogen and oxygen atoms in total. The van der Waals surface area contributed by atoms with E-state index in [1.165, 1.54) is 18.5 Å². The maximum Gasteiger partial charge on any atom is 0.162 e. The van der Waals surface area contributed by atoms with Gasteiger partial charge in [-0.2, -0.15) is 0 Å². The van der Waals surface area contributed by atoms with Crippen LogP contribution in [0.3, 0.4) is 0 Å². The summed E-state index contributed by atoms with van der Waals surface area (Å²) in [4.78, 5) is 10.8. The summed E-state index contributed by atoms with van der Waals surface area (Å²) in [5.74, 6) is 1.15. The number of anilines is 2. The van der Waals surface area contributed by atoms with E-state index in [0.29, 0.717) is 53.7 Å². The van der Waals surface area contributed by atoms with Crippen molar-refractivity contribution in [2.24, 2.45) is 0 Å². The summed E-state index contributed by atoms with van der Waals surface area (Å²) in [6, 6.07) is 7.95. The second kappa shape index (κ2) is 10.9. The normalized spacial score (nSPS) is 16.7. The maximum atomic E-state index is 13.5. The minimum atomic E-state index is -0.493. The van der Waals surface area contributed by atoms with Crippen molar-refractivity contribution < 1.29 is 23.0 Å². The Hall–Kier alpha value is -2.75. The van der Waals surface area contributed by atoms with Crippen LogP contribution < -0.4 is 14.8 Å². The lowest BCUT2D eigenvalue weighted by Gasteiger charge is -2.31. The average Bonchev–Trinajstić information content (AvgIpc) is 2.84. The molecule has 1 N–H and O–H groups in total. The van der Waals surface area contributed by atoms with Gasteiger partial charge in [0.2, 0.25) is 0 Å². The summed E-state index contributed by atoms with van der Waals surface area (Å²) in [6.07, 6.45) is 1.86. The van der Waals surface area contributed by atoms with Gasteiger partial charge in [-0.1, -0.05) is 11.6 Å². The van der Waals surface area contributed by atoms with Crippen LogP contribution in [0.4, 0.5) is 20.3 Å². The largest absolute Gasteiger partial charge is 0.493 e. The van der Waals surface area contributed by atoms with E-state index in [9.17, 15) is 8.78 Å². The van der Waals surface area contributed by atoms with Gasteiger partial charge >= 0.3 is 0 Å². The molecular formula is C23H25ClF2N4O3. The smallest absolute Gasteiger partial charge is 0.162 e. The third-order valence-electron chi connectivity index (χ3n) is 5.37. The van der Waals surface area contributed by atoms with Crippen LogP contribution in [0.5, 0.6) is 11.5 Å². The lowest BCUT2D eigenvalue weighted by molar-refractivity contribution is -0.0394. The zero-order valence-corrected chi connectivity index (χ0v) is 18.9. The molecule has 33 heavy (non-hydrogen) atoms. The second-order valence-corrected chi connectivity index (χ2v) is 8.05. The van der Waals surface area contributed by atoms with Crippen LogP contribution >= 0.6 is 11.6 Å². The van der Waals surface area contributed by atoms with E-state index in [1.807, 2.05) is 6.07 Å². The van der Waals surface area contributed by atoms with Gasteiger partial charge in [0.1, 0.15) is 24.6 Å². The van der Waals surface area contributed by atoms with Crippen LogP contribution in [-0.2, 0) is 4.74 Å². The number of morpholine rings is 1. The van der Waals surface area contributed by atoms with Gasteiger partial charge in [0.25, 0.3) is 0 Å². The number of halogens is 3. The van der Waals surface area contributed by atoms with Gasteiger partial charge in [-0.3, -0.25) is 4.90 Å². The molecule has 0 unspecified atom stereocenters.